The monoisotopic (exact) mass is 915 g/mol. The molecule has 0 N–H and O–H groups in total. The fraction of sp³-hybridized carbons (Fsp3) is 0. The van der Waals surface area contributed by atoms with Crippen molar-refractivity contribution in [2.75, 3.05) is 0 Å². The third-order valence-corrected chi connectivity index (χ3v) is 16.5. The van der Waals surface area contributed by atoms with Crippen LogP contribution in [0.15, 0.2) is 273 Å². The van der Waals surface area contributed by atoms with Crippen LogP contribution in [-0.2, 0) is 16.8 Å². The second-order valence-corrected chi connectivity index (χ2v) is 19.7. The third kappa shape index (κ3) is 13.7. The molecule has 0 unspecified atom stereocenters. The largest absolute Gasteiger partial charge is 2.00 e. The van der Waals surface area contributed by atoms with Gasteiger partial charge in [0.2, 0.25) is 0 Å². The van der Waals surface area contributed by atoms with Crippen molar-refractivity contribution in [2.24, 2.45) is 0 Å². The van der Waals surface area contributed by atoms with Gasteiger partial charge < -0.3 is 24.8 Å². The fourth-order valence-corrected chi connectivity index (χ4v) is 13.5. The van der Waals surface area contributed by atoms with Crippen LogP contribution in [0.3, 0.4) is 0 Å². The Morgan fingerprint density at radius 3 is 0.317 bits per heavy atom. The molecule has 0 aliphatic rings. The Morgan fingerprint density at radius 1 is 0.150 bits per heavy atom. The molecule has 9 aromatic rings. The van der Waals surface area contributed by atoms with Gasteiger partial charge in [0.15, 0.2) is 0 Å². The summed E-state index contributed by atoms with van der Waals surface area (Å²) in [6.07, 6.45) is 0. The van der Waals surface area contributed by atoms with Gasteiger partial charge in [0.25, 0.3) is 0 Å². The van der Waals surface area contributed by atoms with E-state index in [1.807, 2.05) is 0 Å². The zero-order valence-corrected chi connectivity index (χ0v) is 38.1. The van der Waals surface area contributed by atoms with Crippen LogP contribution in [0.2, 0.25) is 0 Å². The molecule has 0 nitrogen and oxygen atoms in total. The summed E-state index contributed by atoms with van der Waals surface area (Å²) in [6, 6.07) is 97.0. The second-order valence-electron chi connectivity index (χ2n) is 13.0. The molecule has 1 radical (unpaired) electrons. The predicted molar refractivity (Wildman–Crippen MR) is 255 cm³/mol. The van der Waals surface area contributed by atoms with E-state index < -0.39 is 23.8 Å². The van der Waals surface area contributed by atoms with Gasteiger partial charge in [0, 0.05) is 0 Å². The molecule has 0 amide bonds. The molecule has 0 spiro atoms. The standard InChI is InChI=1S/3C18H15P.2ClH.Co/c3*1-4-10-16(11-5-1)19(17-12-6-2-7-13-17)18-14-8-3-9-15-18;;;/h3*1-15H;2*1H;/q;;;;;+2/p-2. The molecule has 0 aliphatic carbocycles. The first kappa shape index (κ1) is 48.0. The third-order valence-electron chi connectivity index (χ3n) is 9.13. The Hall–Kier alpha value is -4.64. The molecule has 9 aromatic carbocycles. The predicted octanol–water partition coefficient (Wildman–Crippen LogP) is 4.34. The fourth-order valence-electron chi connectivity index (χ4n) is 6.54. The average Bonchev–Trinajstić information content (AvgIpc) is 3.30. The minimum atomic E-state index is -0.446. The molecular formula is C54H45Cl2CoP3. The maximum atomic E-state index is 2.23. The Bertz CT molecular complexity index is 1870. The van der Waals surface area contributed by atoms with Crippen molar-refractivity contribution in [1.82, 2.24) is 0 Å². The summed E-state index contributed by atoms with van der Waals surface area (Å²) < 4.78 is 0. The normalized spacial score (nSPS) is 10.1. The number of halogens is 2. The summed E-state index contributed by atoms with van der Waals surface area (Å²) in [5.74, 6) is 0. The van der Waals surface area contributed by atoms with Crippen LogP contribution in [0.4, 0.5) is 0 Å². The van der Waals surface area contributed by atoms with Crippen LogP contribution in [0, 0.1) is 0 Å². The van der Waals surface area contributed by atoms with Crippen molar-refractivity contribution < 1.29 is 41.6 Å². The Kier molecular flexibility index (Phi) is 21.2. The summed E-state index contributed by atoms with van der Waals surface area (Å²) in [7, 11) is -1.34. The van der Waals surface area contributed by atoms with Gasteiger partial charge in [-0.2, -0.15) is 0 Å². The zero-order chi connectivity index (χ0) is 38.7. The Balaban J connectivity index is 0.000000194. The van der Waals surface area contributed by atoms with E-state index in [2.05, 4.69) is 273 Å². The minimum absolute atomic E-state index is 0. The van der Waals surface area contributed by atoms with Crippen molar-refractivity contribution in [3.05, 3.63) is 273 Å². The molecule has 9 rings (SSSR count). The number of rotatable bonds is 9. The van der Waals surface area contributed by atoms with Gasteiger partial charge in [-0.3, -0.25) is 0 Å². The summed E-state index contributed by atoms with van der Waals surface area (Å²) in [5.41, 5.74) is 0. The van der Waals surface area contributed by atoms with Crippen molar-refractivity contribution in [1.29, 1.82) is 0 Å². The van der Waals surface area contributed by atoms with Crippen LogP contribution in [-0.4, -0.2) is 0 Å². The van der Waals surface area contributed by atoms with Crippen LogP contribution in [0.25, 0.3) is 0 Å². The molecule has 0 heterocycles. The molecule has 6 heteroatoms. The molecule has 0 aliphatic heterocycles. The van der Waals surface area contributed by atoms with Gasteiger partial charge in [-0.1, -0.05) is 273 Å². The van der Waals surface area contributed by atoms with E-state index in [4.69, 9.17) is 0 Å². The first-order valence-corrected chi connectivity index (χ1v) is 23.2. The van der Waals surface area contributed by atoms with E-state index in [9.17, 15) is 0 Å². The number of hydrogen-bond donors (Lipinski definition) is 0. The summed E-state index contributed by atoms with van der Waals surface area (Å²) in [4.78, 5) is 0. The molecule has 0 fully saturated rings. The van der Waals surface area contributed by atoms with Gasteiger partial charge >= 0.3 is 16.8 Å². The molecule has 0 bridgehead atoms. The van der Waals surface area contributed by atoms with Crippen molar-refractivity contribution >= 4 is 71.5 Å². The summed E-state index contributed by atoms with van der Waals surface area (Å²) in [6.45, 7) is 0. The maximum absolute atomic E-state index is 2.23. The van der Waals surface area contributed by atoms with E-state index in [1.165, 1.54) is 47.7 Å². The van der Waals surface area contributed by atoms with Gasteiger partial charge in [0.1, 0.15) is 0 Å². The van der Waals surface area contributed by atoms with E-state index in [1.54, 1.807) is 0 Å². The number of hydrogen-bond acceptors (Lipinski definition) is 0. The van der Waals surface area contributed by atoms with Crippen LogP contribution < -0.4 is 72.6 Å². The first-order valence-electron chi connectivity index (χ1n) is 19.2. The molecule has 0 aromatic heterocycles. The van der Waals surface area contributed by atoms with E-state index in [0.29, 0.717) is 0 Å². The minimum Gasteiger partial charge on any atom is -1.00 e. The summed E-state index contributed by atoms with van der Waals surface area (Å²) >= 11 is 0. The SMILES string of the molecule is [Cl-].[Cl-].[Co+2].c1ccc(P(c2ccccc2)c2ccccc2)cc1.c1ccc(P(c2ccccc2)c2ccccc2)cc1.c1ccc(P(c2ccccc2)c2ccccc2)cc1. The topological polar surface area (TPSA) is 0 Å². The smallest absolute Gasteiger partial charge is 1.00 e. The molecule has 299 valence electrons. The van der Waals surface area contributed by atoms with Crippen molar-refractivity contribution in [2.45, 2.75) is 0 Å². The Morgan fingerprint density at radius 2 is 0.233 bits per heavy atom. The quantitative estimate of drug-likeness (QED) is 0.190. The van der Waals surface area contributed by atoms with Gasteiger partial charge in [0.05, 0.1) is 0 Å². The van der Waals surface area contributed by atoms with E-state index in [-0.39, 0.29) is 41.6 Å². The van der Waals surface area contributed by atoms with Gasteiger partial charge in [-0.15, -0.1) is 0 Å². The molecular weight excluding hydrogens is 871 g/mol. The number of benzene rings is 9. The maximum Gasteiger partial charge on any atom is 2.00 e. The second kappa shape index (κ2) is 26.5. The van der Waals surface area contributed by atoms with Crippen molar-refractivity contribution in [3.8, 4) is 0 Å². The van der Waals surface area contributed by atoms with Gasteiger partial charge in [-0.25, -0.2) is 0 Å². The average molecular weight is 917 g/mol. The van der Waals surface area contributed by atoms with E-state index in [0.717, 1.165) is 0 Å². The first-order chi connectivity index (χ1) is 28.3. The van der Waals surface area contributed by atoms with Crippen molar-refractivity contribution in [3.63, 3.8) is 0 Å². The van der Waals surface area contributed by atoms with Gasteiger partial charge in [-0.05, 0) is 71.5 Å². The molecule has 0 saturated carbocycles. The zero-order valence-electron chi connectivity index (χ0n) is 32.9. The Labute approximate surface area is 383 Å². The van der Waals surface area contributed by atoms with Crippen LogP contribution >= 0.6 is 23.8 Å². The van der Waals surface area contributed by atoms with Crippen LogP contribution in [0.1, 0.15) is 0 Å². The van der Waals surface area contributed by atoms with E-state index >= 15 is 0 Å². The molecule has 60 heavy (non-hydrogen) atoms. The van der Waals surface area contributed by atoms with Crippen LogP contribution in [0.5, 0.6) is 0 Å². The summed E-state index contributed by atoms with van der Waals surface area (Å²) in [5, 5.41) is 12.6. The molecule has 0 saturated heterocycles. The molecule has 0 atom stereocenters.